The minimum atomic E-state index is -0.797. The Hall–Kier alpha value is -1.78. The van der Waals surface area contributed by atoms with E-state index in [2.05, 4.69) is 4.74 Å². The van der Waals surface area contributed by atoms with E-state index < -0.39 is 6.09 Å². The molecule has 0 aliphatic heterocycles. The van der Waals surface area contributed by atoms with Crippen LogP contribution < -0.4 is 5.73 Å². The number of hydrogen-bond acceptors (Lipinski definition) is 4. The SMILES string of the molecule is CC/C=C(\C=C/C(C)COC(N)=O)OC=O. The number of primary amides is 1. The third kappa shape index (κ3) is 7.61. The minimum absolute atomic E-state index is 0.00279. The van der Waals surface area contributed by atoms with Crippen molar-refractivity contribution in [2.24, 2.45) is 11.7 Å². The first-order chi connectivity index (χ1) is 7.60. The van der Waals surface area contributed by atoms with Crippen molar-refractivity contribution in [1.82, 2.24) is 0 Å². The smallest absolute Gasteiger partial charge is 0.404 e. The molecule has 0 aromatic rings. The summed E-state index contributed by atoms with van der Waals surface area (Å²) >= 11 is 0. The first kappa shape index (κ1) is 14.2. The summed E-state index contributed by atoms with van der Waals surface area (Å²) in [6.07, 6.45) is 5.17. The van der Waals surface area contributed by atoms with Gasteiger partial charge in [0.25, 0.3) is 6.47 Å². The highest BCUT2D eigenvalue weighted by atomic mass is 16.5. The predicted octanol–water partition coefficient (Wildman–Crippen LogP) is 1.74. The number of hydrogen-bond donors (Lipinski definition) is 1. The molecular weight excluding hydrogens is 210 g/mol. The van der Waals surface area contributed by atoms with Crippen LogP contribution in [0.1, 0.15) is 20.3 Å². The molecule has 0 spiro atoms. The Bertz CT molecular complexity index is 284. The summed E-state index contributed by atoms with van der Waals surface area (Å²) in [4.78, 5) is 20.5. The van der Waals surface area contributed by atoms with Gasteiger partial charge in [-0.25, -0.2) is 4.79 Å². The number of rotatable bonds is 7. The summed E-state index contributed by atoms with van der Waals surface area (Å²) in [6.45, 7) is 4.36. The Balaban J connectivity index is 4.15. The molecule has 1 unspecified atom stereocenters. The number of carbonyl (C=O) groups is 2. The van der Waals surface area contributed by atoms with Crippen LogP contribution in [0.15, 0.2) is 24.0 Å². The van der Waals surface area contributed by atoms with Gasteiger partial charge in [0.05, 0.1) is 6.61 Å². The first-order valence-electron chi connectivity index (χ1n) is 5.01. The zero-order chi connectivity index (χ0) is 12.4. The van der Waals surface area contributed by atoms with Crippen molar-refractivity contribution in [3.8, 4) is 0 Å². The maximum Gasteiger partial charge on any atom is 0.404 e. The number of allylic oxidation sites excluding steroid dienone is 2. The molecule has 90 valence electrons. The molecule has 0 radical (unpaired) electrons. The van der Waals surface area contributed by atoms with Crippen LogP contribution in [-0.4, -0.2) is 19.2 Å². The van der Waals surface area contributed by atoms with Crippen molar-refractivity contribution >= 4 is 12.6 Å². The molecule has 0 rings (SSSR count). The van der Waals surface area contributed by atoms with Crippen LogP contribution in [0.4, 0.5) is 4.79 Å². The van der Waals surface area contributed by atoms with Crippen LogP contribution in [0, 0.1) is 5.92 Å². The Kier molecular flexibility index (Phi) is 7.57. The molecular formula is C11H17NO4. The molecule has 16 heavy (non-hydrogen) atoms. The number of amides is 1. The maximum atomic E-state index is 10.3. The van der Waals surface area contributed by atoms with Gasteiger partial charge in [0.15, 0.2) is 0 Å². The average Bonchev–Trinajstić information content (AvgIpc) is 2.23. The van der Waals surface area contributed by atoms with Crippen molar-refractivity contribution in [2.45, 2.75) is 20.3 Å². The molecule has 0 fully saturated rings. The van der Waals surface area contributed by atoms with Crippen LogP contribution in [0.25, 0.3) is 0 Å². The fraction of sp³-hybridized carbons (Fsp3) is 0.455. The maximum absolute atomic E-state index is 10.3. The molecule has 0 aromatic carbocycles. The lowest BCUT2D eigenvalue weighted by atomic mass is 10.2. The van der Waals surface area contributed by atoms with Crippen LogP contribution in [0.2, 0.25) is 0 Å². The van der Waals surface area contributed by atoms with E-state index in [1.807, 2.05) is 13.8 Å². The highest BCUT2D eigenvalue weighted by Gasteiger charge is 2.00. The van der Waals surface area contributed by atoms with E-state index in [1.54, 1.807) is 18.2 Å². The molecule has 2 N–H and O–H groups in total. The third-order valence-electron chi connectivity index (χ3n) is 1.67. The molecule has 0 aromatic heterocycles. The van der Waals surface area contributed by atoms with Gasteiger partial charge in [0.1, 0.15) is 5.76 Å². The summed E-state index contributed by atoms with van der Waals surface area (Å²) in [6, 6.07) is 0. The van der Waals surface area contributed by atoms with Crippen LogP contribution in [0.3, 0.4) is 0 Å². The van der Waals surface area contributed by atoms with Gasteiger partial charge in [0.2, 0.25) is 0 Å². The van der Waals surface area contributed by atoms with Crippen molar-refractivity contribution < 1.29 is 19.1 Å². The molecule has 1 atom stereocenters. The summed E-state index contributed by atoms with van der Waals surface area (Å²) in [5, 5.41) is 0. The van der Waals surface area contributed by atoms with Crippen LogP contribution in [-0.2, 0) is 14.3 Å². The van der Waals surface area contributed by atoms with E-state index in [0.717, 1.165) is 6.42 Å². The molecule has 0 saturated heterocycles. The van der Waals surface area contributed by atoms with Gasteiger partial charge in [0, 0.05) is 5.92 Å². The minimum Gasteiger partial charge on any atom is -0.449 e. The largest absolute Gasteiger partial charge is 0.449 e. The average molecular weight is 227 g/mol. The quantitative estimate of drug-likeness (QED) is 0.408. The van der Waals surface area contributed by atoms with Gasteiger partial charge in [-0.15, -0.1) is 0 Å². The van der Waals surface area contributed by atoms with E-state index in [4.69, 9.17) is 10.5 Å². The molecule has 1 amide bonds. The van der Waals surface area contributed by atoms with Crippen LogP contribution >= 0.6 is 0 Å². The lowest BCUT2D eigenvalue weighted by molar-refractivity contribution is -0.124. The number of ether oxygens (including phenoxy) is 2. The molecule has 0 aliphatic carbocycles. The molecule has 0 saturated carbocycles. The highest BCUT2D eigenvalue weighted by Crippen LogP contribution is 2.05. The second-order valence-electron chi connectivity index (χ2n) is 3.20. The Labute approximate surface area is 94.9 Å². The Morgan fingerprint density at radius 3 is 2.69 bits per heavy atom. The van der Waals surface area contributed by atoms with Gasteiger partial charge in [-0.3, -0.25) is 4.79 Å². The van der Waals surface area contributed by atoms with Gasteiger partial charge in [-0.05, 0) is 18.6 Å². The second kappa shape index (κ2) is 8.52. The zero-order valence-electron chi connectivity index (χ0n) is 9.51. The van der Waals surface area contributed by atoms with E-state index >= 15 is 0 Å². The zero-order valence-corrected chi connectivity index (χ0v) is 9.51. The predicted molar refractivity (Wildman–Crippen MR) is 59.4 cm³/mol. The van der Waals surface area contributed by atoms with Gasteiger partial charge in [-0.1, -0.05) is 19.9 Å². The van der Waals surface area contributed by atoms with Gasteiger partial charge in [-0.2, -0.15) is 0 Å². The summed E-state index contributed by atoms with van der Waals surface area (Å²) in [7, 11) is 0. The van der Waals surface area contributed by atoms with Gasteiger partial charge >= 0.3 is 6.09 Å². The molecule has 0 bridgehead atoms. The summed E-state index contributed by atoms with van der Waals surface area (Å²) < 4.78 is 9.33. The van der Waals surface area contributed by atoms with E-state index in [-0.39, 0.29) is 12.5 Å². The fourth-order valence-corrected chi connectivity index (χ4v) is 0.940. The third-order valence-corrected chi connectivity index (χ3v) is 1.67. The lowest BCUT2D eigenvalue weighted by Crippen LogP contribution is -2.16. The fourth-order valence-electron chi connectivity index (χ4n) is 0.940. The second-order valence-corrected chi connectivity index (χ2v) is 3.20. The first-order valence-corrected chi connectivity index (χ1v) is 5.01. The number of nitrogens with two attached hydrogens (primary N) is 1. The van der Waals surface area contributed by atoms with Crippen LogP contribution in [0.5, 0.6) is 0 Å². The molecule has 0 heterocycles. The molecule has 5 nitrogen and oxygen atoms in total. The Morgan fingerprint density at radius 2 is 2.19 bits per heavy atom. The normalized spacial score (nSPS) is 13.5. The van der Waals surface area contributed by atoms with Gasteiger partial charge < -0.3 is 15.2 Å². The topological polar surface area (TPSA) is 78.6 Å². The van der Waals surface area contributed by atoms with E-state index in [9.17, 15) is 9.59 Å². The standard InChI is InChI=1S/C11H17NO4/c1-3-4-10(16-8-13)6-5-9(2)7-15-11(12)14/h4-6,8-9H,3,7H2,1-2H3,(H2,12,14)/b6-5-,10-4+. The monoisotopic (exact) mass is 227 g/mol. The highest BCUT2D eigenvalue weighted by molar-refractivity contribution is 5.64. The van der Waals surface area contributed by atoms with E-state index in [1.165, 1.54) is 0 Å². The van der Waals surface area contributed by atoms with Crippen molar-refractivity contribution in [3.63, 3.8) is 0 Å². The lowest BCUT2D eigenvalue weighted by Gasteiger charge is -2.05. The summed E-state index contributed by atoms with van der Waals surface area (Å²) in [5.74, 6) is 0.478. The molecule has 0 aliphatic rings. The van der Waals surface area contributed by atoms with E-state index in [0.29, 0.717) is 12.2 Å². The summed E-state index contributed by atoms with van der Waals surface area (Å²) in [5.41, 5.74) is 4.82. The molecule has 5 heteroatoms. The van der Waals surface area contributed by atoms with Crippen molar-refractivity contribution in [2.75, 3.05) is 6.61 Å². The van der Waals surface area contributed by atoms with Crippen molar-refractivity contribution in [3.05, 3.63) is 24.0 Å². The Morgan fingerprint density at radius 1 is 1.50 bits per heavy atom. The number of carbonyl (C=O) groups excluding carboxylic acids is 2. The van der Waals surface area contributed by atoms with Crippen molar-refractivity contribution in [1.29, 1.82) is 0 Å².